The number of rotatable bonds is 5. The van der Waals surface area contributed by atoms with Crippen molar-refractivity contribution in [2.45, 2.75) is 37.1 Å². The summed E-state index contributed by atoms with van der Waals surface area (Å²) >= 11 is 1.62. The summed E-state index contributed by atoms with van der Waals surface area (Å²) in [6.07, 6.45) is 3.97. The van der Waals surface area contributed by atoms with Crippen molar-refractivity contribution in [2.24, 2.45) is 0 Å². The number of aryl methyl sites for hydroxylation is 1. The highest BCUT2D eigenvalue weighted by Gasteiger charge is 2.28. The Labute approximate surface area is 165 Å². The van der Waals surface area contributed by atoms with E-state index in [0.717, 1.165) is 23.4 Å². The first-order valence-corrected chi connectivity index (χ1v) is 10.4. The number of carbonyl (C=O) groups is 1. The molecule has 0 atom stereocenters. The maximum atomic E-state index is 13.0. The van der Waals surface area contributed by atoms with Crippen LogP contribution in [-0.2, 0) is 6.54 Å². The Morgan fingerprint density at radius 1 is 1.29 bits per heavy atom. The number of hydrogen-bond donors (Lipinski definition) is 2. The number of thioether (sulfide) groups is 1. The van der Waals surface area contributed by atoms with Crippen LogP contribution in [0.3, 0.4) is 0 Å². The lowest BCUT2D eigenvalue weighted by atomic mass is 10.1. The van der Waals surface area contributed by atoms with Gasteiger partial charge in [0.2, 0.25) is 0 Å². The molecule has 1 aliphatic rings. The van der Waals surface area contributed by atoms with Gasteiger partial charge in [0, 0.05) is 28.7 Å². The van der Waals surface area contributed by atoms with Crippen molar-refractivity contribution in [1.82, 2.24) is 14.5 Å². The lowest BCUT2D eigenvalue weighted by Crippen LogP contribution is -2.32. The van der Waals surface area contributed by atoms with Gasteiger partial charge >= 0.3 is 5.69 Å². The van der Waals surface area contributed by atoms with Crippen LogP contribution in [0, 0.1) is 0 Å². The molecule has 1 aliphatic carbocycles. The highest BCUT2D eigenvalue weighted by Crippen LogP contribution is 2.40. The molecule has 1 amide bonds. The van der Waals surface area contributed by atoms with E-state index in [1.165, 1.54) is 4.57 Å². The highest BCUT2D eigenvalue weighted by molar-refractivity contribution is 7.98. The van der Waals surface area contributed by atoms with Crippen LogP contribution < -0.4 is 16.6 Å². The van der Waals surface area contributed by atoms with Crippen LogP contribution in [0.25, 0.3) is 11.0 Å². The van der Waals surface area contributed by atoms with Gasteiger partial charge in [-0.3, -0.25) is 19.1 Å². The van der Waals surface area contributed by atoms with Gasteiger partial charge in [0.1, 0.15) is 0 Å². The predicted octanol–water partition coefficient (Wildman–Crippen LogP) is 2.96. The molecule has 144 valence electrons. The lowest BCUT2D eigenvalue weighted by Gasteiger charge is -2.12. The van der Waals surface area contributed by atoms with E-state index in [-0.39, 0.29) is 22.5 Å². The summed E-state index contributed by atoms with van der Waals surface area (Å²) in [5.74, 6) is -0.116. The van der Waals surface area contributed by atoms with Crippen LogP contribution in [0.2, 0.25) is 0 Å². The van der Waals surface area contributed by atoms with Crippen molar-refractivity contribution in [2.75, 3.05) is 11.6 Å². The number of nitrogens with zero attached hydrogens (tertiary/aromatic N) is 2. The number of amides is 1. The molecule has 28 heavy (non-hydrogen) atoms. The molecule has 1 fully saturated rings. The zero-order valence-electron chi connectivity index (χ0n) is 15.6. The summed E-state index contributed by atoms with van der Waals surface area (Å²) in [6, 6.07) is 9.16. The molecular weight excluding hydrogens is 376 g/mol. The van der Waals surface area contributed by atoms with E-state index in [9.17, 15) is 14.4 Å². The summed E-state index contributed by atoms with van der Waals surface area (Å²) in [4.78, 5) is 45.7. The van der Waals surface area contributed by atoms with Crippen LogP contribution in [-0.4, -0.2) is 26.7 Å². The SMILES string of the molecule is CCn1c(=O)[nH]c(=O)c2c(C(=O)Nc3ccc(SC)cc3)cc(C3CC3)nc21. The number of aromatic amines is 1. The van der Waals surface area contributed by atoms with Crippen molar-refractivity contribution in [1.29, 1.82) is 0 Å². The summed E-state index contributed by atoms with van der Waals surface area (Å²) < 4.78 is 1.40. The van der Waals surface area contributed by atoms with E-state index in [2.05, 4.69) is 15.3 Å². The number of nitrogens with one attached hydrogen (secondary N) is 2. The van der Waals surface area contributed by atoms with Gasteiger partial charge in [0.05, 0.1) is 10.9 Å². The summed E-state index contributed by atoms with van der Waals surface area (Å²) in [5, 5.41) is 2.99. The Hall–Kier alpha value is -2.87. The van der Waals surface area contributed by atoms with E-state index < -0.39 is 17.2 Å². The number of benzene rings is 1. The number of carbonyl (C=O) groups excluding carboxylic acids is 1. The third kappa shape index (κ3) is 3.35. The number of fused-ring (bicyclic) bond motifs is 1. The van der Waals surface area contributed by atoms with Crippen LogP contribution in [0.4, 0.5) is 5.69 Å². The Morgan fingerprint density at radius 2 is 2.00 bits per heavy atom. The van der Waals surface area contributed by atoms with Gasteiger partial charge < -0.3 is 5.32 Å². The van der Waals surface area contributed by atoms with E-state index >= 15 is 0 Å². The lowest BCUT2D eigenvalue weighted by molar-refractivity contribution is 0.102. The molecule has 2 heterocycles. The van der Waals surface area contributed by atoms with Crippen LogP contribution >= 0.6 is 11.8 Å². The molecule has 1 saturated carbocycles. The molecule has 0 saturated heterocycles. The summed E-state index contributed by atoms with van der Waals surface area (Å²) in [7, 11) is 0. The van der Waals surface area contributed by atoms with Gasteiger partial charge in [-0.15, -0.1) is 11.8 Å². The smallest absolute Gasteiger partial charge is 0.322 e. The molecule has 0 aliphatic heterocycles. The summed E-state index contributed by atoms with van der Waals surface area (Å²) in [6.45, 7) is 2.15. The molecular formula is C20H20N4O3S. The maximum Gasteiger partial charge on any atom is 0.329 e. The van der Waals surface area contributed by atoms with Gasteiger partial charge in [-0.2, -0.15) is 0 Å². The number of hydrogen-bond acceptors (Lipinski definition) is 5. The fourth-order valence-electron chi connectivity index (χ4n) is 3.23. The zero-order valence-corrected chi connectivity index (χ0v) is 16.4. The second kappa shape index (κ2) is 7.27. The molecule has 0 spiro atoms. The minimum absolute atomic E-state index is 0.143. The van der Waals surface area contributed by atoms with Crippen molar-refractivity contribution >= 4 is 34.4 Å². The Balaban J connectivity index is 1.85. The Bertz CT molecular complexity index is 1180. The van der Waals surface area contributed by atoms with Gasteiger partial charge in [-0.05, 0) is 56.4 Å². The summed E-state index contributed by atoms with van der Waals surface area (Å²) in [5.41, 5.74) is 0.790. The molecule has 2 aromatic heterocycles. The first-order chi connectivity index (χ1) is 13.5. The number of pyridine rings is 1. The third-order valence-corrected chi connectivity index (χ3v) is 5.62. The van der Waals surface area contributed by atoms with Crippen LogP contribution in [0.5, 0.6) is 0 Å². The first kappa shape index (κ1) is 18.5. The molecule has 0 radical (unpaired) electrons. The van der Waals surface area contributed by atoms with Crippen molar-refractivity contribution < 1.29 is 4.79 Å². The topological polar surface area (TPSA) is 96.9 Å². The second-order valence-electron chi connectivity index (χ2n) is 6.75. The van der Waals surface area contributed by atoms with Crippen molar-refractivity contribution in [3.05, 3.63) is 62.4 Å². The van der Waals surface area contributed by atoms with Gasteiger partial charge in [-0.1, -0.05) is 0 Å². The predicted molar refractivity (Wildman–Crippen MR) is 110 cm³/mol. The fraction of sp³-hybridized carbons (Fsp3) is 0.300. The van der Waals surface area contributed by atoms with Gasteiger partial charge in [-0.25, -0.2) is 9.78 Å². The molecule has 3 aromatic rings. The normalized spacial score (nSPS) is 13.6. The highest BCUT2D eigenvalue weighted by atomic mass is 32.2. The molecule has 0 unspecified atom stereocenters. The Kier molecular flexibility index (Phi) is 4.80. The molecule has 8 heteroatoms. The van der Waals surface area contributed by atoms with Gasteiger partial charge in [0.25, 0.3) is 11.5 Å². The molecule has 7 nitrogen and oxygen atoms in total. The minimum Gasteiger partial charge on any atom is -0.322 e. The van der Waals surface area contributed by atoms with Crippen LogP contribution in [0.15, 0.2) is 44.8 Å². The average Bonchev–Trinajstić information content (AvgIpc) is 3.53. The maximum absolute atomic E-state index is 13.0. The van der Waals surface area contributed by atoms with Gasteiger partial charge in [0.15, 0.2) is 5.65 Å². The largest absolute Gasteiger partial charge is 0.329 e. The number of H-pyrrole nitrogens is 1. The standard InChI is InChI=1S/C20H20N4O3S/c1-3-24-17-16(19(26)23-20(24)27)14(10-15(22-17)11-4-5-11)18(25)21-12-6-8-13(28-2)9-7-12/h6-11H,3-5H2,1-2H3,(H,21,25)(H,23,26,27). The number of anilines is 1. The Morgan fingerprint density at radius 3 is 2.61 bits per heavy atom. The average molecular weight is 396 g/mol. The first-order valence-electron chi connectivity index (χ1n) is 9.15. The quantitative estimate of drug-likeness (QED) is 0.647. The van der Waals surface area contributed by atoms with Crippen molar-refractivity contribution in [3.8, 4) is 0 Å². The van der Waals surface area contributed by atoms with E-state index in [0.29, 0.717) is 12.2 Å². The monoisotopic (exact) mass is 396 g/mol. The zero-order chi connectivity index (χ0) is 19.8. The van der Waals surface area contributed by atoms with E-state index in [1.54, 1.807) is 24.8 Å². The third-order valence-electron chi connectivity index (χ3n) is 4.87. The molecule has 1 aromatic carbocycles. The van der Waals surface area contributed by atoms with Crippen LogP contribution in [0.1, 0.15) is 41.7 Å². The van der Waals surface area contributed by atoms with Crippen molar-refractivity contribution in [3.63, 3.8) is 0 Å². The number of aromatic nitrogens is 3. The second-order valence-corrected chi connectivity index (χ2v) is 7.63. The molecule has 2 N–H and O–H groups in total. The van der Waals surface area contributed by atoms with E-state index in [1.807, 2.05) is 30.5 Å². The molecule has 0 bridgehead atoms. The van der Waals surface area contributed by atoms with E-state index in [4.69, 9.17) is 0 Å². The minimum atomic E-state index is -0.595. The fourth-order valence-corrected chi connectivity index (χ4v) is 3.64. The molecule has 4 rings (SSSR count).